The Kier molecular flexibility index (Phi) is 12.4. The van der Waals surface area contributed by atoms with Crippen LogP contribution >= 0.6 is 0 Å². The molecule has 0 heterocycles. The van der Waals surface area contributed by atoms with Gasteiger partial charge in [0.2, 0.25) is 0 Å². The molecule has 0 aliphatic carbocycles. The van der Waals surface area contributed by atoms with Crippen LogP contribution in [0, 0.1) is 0 Å². The molecule has 2 unspecified atom stereocenters. The van der Waals surface area contributed by atoms with Crippen molar-refractivity contribution < 1.29 is 4.74 Å². The lowest BCUT2D eigenvalue weighted by molar-refractivity contribution is -0.0201. The Morgan fingerprint density at radius 2 is 0.909 bits per heavy atom. The minimum atomic E-state index is 0.301. The Bertz CT molecular complexity index is 705. The lowest BCUT2D eigenvalue weighted by atomic mass is 10.0. The number of benzene rings is 2. The Morgan fingerprint density at radius 3 is 1.18 bits per heavy atom. The van der Waals surface area contributed by atoms with Gasteiger partial charge in [-0.2, -0.15) is 0 Å². The molecule has 2 N–H and O–H groups in total. The first-order valence-electron chi connectivity index (χ1n) is 13.5. The van der Waals surface area contributed by atoms with E-state index < -0.39 is 0 Å². The average Bonchev–Trinajstić information content (AvgIpc) is 2.86. The fraction of sp³-hybridized carbons (Fsp3) is 0.600. The molecule has 0 aliphatic rings. The van der Waals surface area contributed by atoms with Gasteiger partial charge in [-0.1, -0.05) is 77.9 Å². The van der Waals surface area contributed by atoms with E-state index in [2.05, 4.69) is 88.6 Å². The molecule has 0 radical (unpaired) electrons. The smallest absolute Gasteiger partial charge is 0.0593 e. The molecular formula is C30H48N2O. The molecule has 0 saturated carbocycles. The summed E-state index contributed by atoms with van der Waals surface area (Å²) in [5, 5.41) is 7.47. The van der Waals surface area contributed by atoms with Gasteiger partial charge in [0.15, 0.2) is 0 Å². The normalized spacial score (nSPS) is 13.0. The van der Waals surface area contributed by atoms with Crippen molar-refractivity contribution in [2.75, 3.05) is 23.7 Å². The zero-order valence-electron chi connectivity index (χ0n) is 22.1. The summed E-state index contributed by atoms with van der Waals surface area (Å²) in [6, 6.07) is 13.4. The van der Waals surface area contributed by atoms with Gasteiger partial charge < -0.3 is 15.4 Å². The molecule has 2 aromatic rings. The first-order valence-corrected chi connectivity index (χ1v) is 13.5. The SMILES string of the molecule is CCc1cccc(CC)c1NCCC(CC)OC(CC)CCNc1c(CC)cccc1CC. The van der Waals surface area contributed by atoms with Crippen LogP contribution in [0.15, 0.2) is 36.4 Å². The number of nitrogens with one attached hydrogen (secondary N) is 2. The van der Waals surface area contributed by atoms with Crippen LogP contribution in [-0.2, 0) is 30.4 Å². The fourth-order valence-electron chi connectivity index (χ4n) is 4.66. The Balaban J connectivity index is 1.87. The first kappa shape index (κ1) is 27.2. The number of rotatable bonds is 16. The number of aryl methyl sites for hydroxylation is 4. The maximum Gasteiger partial charge on any atom is 0.0593 e. The highest BCUT2D eigenvalue weighted by Gasteiger charge is 2.15. The summed E-state index contributed by atoms with van der Waals surface area (Å²) in [6.45, 7) is 15.4. The van der Waals surface area contributed by atoms with E-state index in [1.165, 1.54) is 33.6 Å². The second kappa shape index (κ2) is 15.0. The molecule has 33 heavy (non-hydrogen) atoms. The second-order valence-corrected chi connectivity index (χ2v) is 8.94. The monoisotopic (exact) mass is 452 g/mol. The first-order chi connectivity index (χ1) is 16.1. The molecule has 2 rings (SSSR count). The standard InChI is InChI=1S/C30H48N2O/c1-7-23-15-13-16-24(8-2)29(23)31-21-19-27(11-5)33-28(12-6)20-22-32-30-25(9-3)17-14-18-26(30)10-4/h13-18,27-28,31-32H,7-12,19-22H2,1-6H3. The van der Waals surface area contributed by atoms with Gasteiger partial charge in [0.1, 0.15) is 0 Å². The van der Waals surface area contributed by atoms with Gasteiger partial charge in [-0.3, -0.25) is 0 Å². The molecule has 2 aromatic carbocycles. The molecule has 0 bridgehead atoms. The van der Waals surface area contributed by atoms with Crippen LogP contribution in [0.5, 0.6) is 0 Å². The molecule has 0 amide bonds. The van der Waals surface area contributed by atoms with Crippen molar-refractivity contribution in [2.45, 2.75) is 105 Å². The predicted octanol–water partition coefficient (Wildman–Crippen LogP) is 7.81. The van der Waals surface area contributed by atoms with Gasteiger partial charge in [-0.15, -0.1) is 0 Å². The lowest BCUT2D eigenvalue weighted by Crippen LogP contribution is -2.26. The van der Waals surface area contributed by atoms with E-state index in [1.54, 1.807) is 0 Å². The maximum atomic E-state index is 6.57. The Labute approximate surface area is 203 Å². The van der Waals surface area contributed by atoms with Crippen LogP contribution < -0.4 is 10.6 Å². The van der Waals surface area contributed by atoms with Crippen LogP contribution in [0.3, 0.4) is 0 Å². The summed E-state index contributed by atoms with van der Waals surface area (Å²) >= 11 is 0. The molecule has 0 aromatic heterocycles. The van der Waals surface area contributed by atoms with E-state index in [0.29, 0.717) is 12.2 Å². The quantitative estimate of drug-likeness (QED) is 0.272. The zero-order chi connectivity index (χ0) is 24.1. The largest absolute Gasteiger partial charge is 0.385 e. The van der Waals surface area contributed by atoms with Crippen LogP contribution in [0.1, 0.15) is 89.5 Å². The Morgan fingerprint density at radius 1 is 0.576 bits per heavy atom. The van der Waals surface area contributed by atoms with E-state index in [4.69, 9.17) is 4.74 Å². The minimum absolute atomic E-state index is 0.301. The number of hydrogen-bond donors (Lipinski definition) is 2. The van der Waals surface area contributed by atoms with Crippen molar-refractivity contribution in [2.24, 2.45) is 0 Å². The van der Waals surface area contributed by atoms with E-state index in [1.807, 2.05) is 0 Å². The van der Waals surface area contributed by atoms with Gasteiger partial charge in [-0.25, -0.2) is 0 Å². The summed E-state index contributed by atoms with van der Waals surface area (Å²) in [6.07, 6.45) is 9.06. The summed E-state index contributed by atoms with van der Waals surface area (Å²) in [7, 11) is 0. The van der Waals surface area contributed by atoms with Gasteiger partial charge in [0.05, 0.1) is 12.2 Å². The molecule has 0 fully saturated rings. The van der Waals surface area contributed by atoms with Crippen LogP contribution in [0.2, 0.25) is 0 Å². The highest BCUT2D eigenvalue weighted by Crippen LogP contribution is 2.24. The molecule has 0 saturated heterocycles. The van der Waals surface area contributed by atoms with Crippen LogP contribution in [0.25, 0.3) is 0 Å². The Hall–Kier alpha value is -2.00. The minimum Gasteiger partial charge on any atom is -0.385 e. The third-order valence-corrected chi connectivity index (χ3v) is 6.83. The third kappa shape index (κ3) is 8.07. The molecule has 184 valence electrons. The molecule has 2 atom stereocenters. The van der Waals surface area contributed by atoms with Crippen molar-refractivity contribution in [1.29, 1.82) is 0 Å². The van der Waals surface area contributed by atoms with Crippen molar-refractivity contribution >= 4 is 11.4 Å². The molecule has 3 nitrogen and oxygen atoms in total. The molecule has 3 heteroatoms. The third-order valence-electron chi connectivity index (χ3n) is 6.83. The van der Waals surface area contributed by atoms with E-state index >= 15 is 0 Å². The maximum absolute atomic E-state index is 6.57. The summed E-state index contributed by atoms with van der Waals surface area (Å²) in [4.78, 5) is 0. The van der Waals surface area contributed by atoms with Gasteiger partial charge in [0.25, 0.3) is 0 Å². The van der Waals surface area contributed by atoms with Gasteiger partial charge in [-0.05, 0) is 73.6 Å². The highest BCUT2D eigenvalue weighted by atomic mass is 16.5. The number of hydrogen-bond acceptors (Lipinski definition) is 3. The van der Waals surface area contributed by atoms with E-state index in [0.717, 1.165) is 64.5 Å². The average molecular weight is 453 g/mol. The van der Waals surface area contributed by atoms with Crippen molar-refractivity contribution in [3.05, 3.63) is 58.7 Å². The molecule has 0 aliphatic heterocycles. The number of para-hydroxylation sites is 2. The lowest BCUT2D eigenvalue weighted by Gasteiger charge is -2.25. The van der Waals surface area contributed by atoms with Gasteiger partial charge in [0, 0.05) is 24.5 Å². The van der Waals surface area contributed by atoms with Crippen molar-refractivity contribution in [3.63, 3.8) is 0 Å². The van der Waals surface area contributed by atoms with Crippen LogP contribution in [0.4, 0.5) is 11.4 Å². The summed E-state index contributed by atoms with van der Waals surface area (Å²) in [5.74, 6) is 0. The summed E-state index contributed by atoms with van der Waals surface area (Å²) < 4.78 is 6.57. The second-order valence-electron chi connectivity index (χ2n) is 8.94. The van der Waals surface area contributed by atoms with Crippen molar-refractivity contribution in [1.82, 2.24) is 0 Å². The number of anilines is 2. The fourth-order valence-corrected chi connectivity index (χ4v) is 4.66. The highest BCUT2D eigenvalue weighted by molar-refractivity contribution is 5.58. The molecular weight excluding hydrogens is 404 g/mol. The topological polar surface area (TPSA) is 33.3 Å². The molecule has 0 spiro atoms. The number of ether oxygens (including phenoxy) is 1. The zero-order valence-corrected chi connectivity index (χ0v) is 22.1. The van der Waals surface area contributed by atoms with E-state index in [9.17, 15) is 0 Å². The van der Waals surface area contributed by atoms with Gasteiger partial charge >= 0.3 is 0 Å². The van der Waals surface area contributed by atoms with E-state index in [-0.39, 0.29) is 0 Å². The predicted molar refractivity (Wildman–Crippen MR) is 146 cm³/mol. The van der Waals surface area contributed by atoms with Crippen molar-refractivity contribution in [3.8, 4) is 0 Å². The van der Waals surface area contributed by atoms with Crippen LogP contribution in [-0.4, -0.2) is 25.3 Å². The summed E-state index contributed by atoms with van der Waals surface area (Å²) in [5.41, 5.74) is 8.35.